The summed E-state index contributed by atoms with van der Waals surface area (Å²) < 4.78 is 16.9. The number of allylic oxidation sites excluding steroid dienone is 22. The van der Waals surface area contributed by atoms with Gasteiger partial charge in [0.2, 0.25) is 0 Å². The number of carbonyl (C=O) groups is 3. The Bertz CT molecular complexity index is 1680. The molecule has 0 radical (unpaired) electrons. The van der Waals surface area contributed by atoms with Crippen LogP contribution in [0.3, 0.4) is 0 Å². The summed E-state index contributed by atoms with van der Waals surface area (Å²) in [5.41, 5.74) is 0. The Morgan fingerprint density at radius 1 is 0.266 bits per heavy atom. The molecule has 0 rings (SSSR count). The molecule has 0 bridgehead atoms. The van der Waals surface area contributed by atoms with E-state index in [2.05, 4.69) is 154 Å². The van der Waals surface area contributed by atoms with Gasteiger partial charge in [-0.25, -0.2) is 0 Å². The fourth-order valence-electron chi connectivity index (χ4n) is 8.72. The van der Waals surface area contributed by atoms with E-state index in [-0.39, 0.29) is 31.1 Å². The number of hydrogen-bond acceptors (Lipinski definition) is 6. The molecule has 0 N–H and O–H groups in total. The summed E-state index contributed by atoms with van der Waals surface area (Å²) in [5.74, 6) is -0.929. The van der Waals surface area contributed by atoms with Crippen molar-refractivity contribution in [3.8, 4) is 0 Å². The maximum absolute atomic E-state index is 12.9. The SMILES string of the molecule is CC/C=C\C/C=C\C/C=C\C/C=C\C/C=C\C/C=C\C/C=C\C/C=C\CCCCCCCCC(=O)OCC(COC(=O)CCCCCCC/C=C\CCCCCCC)OC(=O)CCCCCCC/C=C\C/C=C\CCCCCC. The predicted octanol–water partition coefficient (Wildman–Crippen LogP) is 22.5. The minimum atomic E-state index is -0.800. The third-order valence-corrected chi connectivity index (χ3v) is 13.6. The first-order valence-electron chi connectivity index (χ1n) is 32.7. The second-order valence-electron chi connectivity index (χ2n) is 21.3. The van der Waals surface area contributed by atoms with Crippen molar-refractivity contribution >= 4 is 17.9 Å². The number of rotatable bonds is 58. The molecule has 1 atom stereocenters. The summed E-state index contributed by atoms with van der Waals surface area (Å²) in [4.78, 5) is 38.3. The van der Waals surface area contributed by atoms with E-state index in [0.29, 0.717) is 19.3 Å². The highest BCUT2D eigenvalue weighted by molar-refractivity contribution is 5.71. The van der Waals surface area contributed by atoms with Crippen LogP contribution < -0.4 is 0 Å². The van der Waals surface area contributed by atoms with Crippen LogP contribution in [-0.4, -0.2) is 37.2 Å². The first-order valence-corrected chi connectivity index (χ1v) is 32.7. The maximum Gasteiger partial charge on any atom is 0.306 e. The van der Waals surface area contributed by atoms with E-state index in [1.807, 2.05) is 0 Å². The first kappa shape index (κ1) is 74.5. The van der Waals surface area contributed by atoms with Gasteiger partial charge >= 0.3 is 17.9 Å². The summed E-state index contributed by atoms with van der Waals surface area (Å²) in [6.45, 7) is 6.48. The molecule has 79 heavy (non-hydrogen) atoms. The third-order valence-electron chi connectivity index (χ3n) is 13.6. The lowest BCUT2D eigenvalue weighted by Gasteiger charge is -2.18. The van der Waals surface area contributed by atoms with Gasteiger partial charge in [-0.2, -0.15) is 0 Å². The minimum absolute atomic E-state index is 0.0952. The van der Waals surface area contributed by atoms with Crippen LogP contribution in [0.25, 0.3) is 0 Å². The van der Waals surface area contributed by atoms with E-state index in [1.165, 1.54) is 96.3 Å². The zero-order valence-corrected chi connectivity index (χ0v) is 51.3. The van der Waals surface area contributed by atoms with Crippen molar-refractivity contribution in [1.82, 2.24) is 0 Å². The lowest BCUT2D eigenvalue weighted by molar-refractivity contribution is -0.167. The quantitative estimate of drug-likeness (QED) is 0.0261. The molecule has 0 aliphatic heterocycles. The van der Waals surface area contributed by atoms with E-state index in [0.717, 1.165) is 154 Å². The second-order valence-corrected chi connectivity index (χ2v) is 21.3. The average molecular weight is 1090 g/mol. The minimum Gasteiger partial charge on any atom is -0.462 e. The second kappa shape index (κ2) is 66.1. The Balaban J connectivity index is 4.36. The number of carbonyl (C=O) groups excluding carboxylic acids is 3. The Kier molecular flexibility index (Phi) is 62.3. The molecule has 0 amide bonds. The number of unbranched alkanes of at least 4 members (excludes halogenated alkanes) is 25. The zero-order valence-electron chi connectivity index (χ0n) is 51.3. The molecule has 1 unspecified atom stereocenters. The zero-order chi connectivity index (χ0) is 57.1. The van der Waals surface area contributed by atoms with E-state index in [9.17, 15) is 14.4 Å². The highest BCUT2D eigenvalue weighted by Gasteiger charge is 2.19. The molecular weight excluding hydrogens is 973 g/mol. The van der Waals surface area contributed by atoms with Gasteiger partial charge < -0.3 is 14.2 Å². The summed E-state index contributed by atoms with van der Waals surface area (Å²) in [6.07, 6.45) is 93.1. The Hall–Kier alpha value is -4.45. The van der Waals surface area contributed by atoms with E-state index in [4.69, 9.17) is 14.2 Å². The van der Waals surface area contributed by atoms with Gasteiger partial charge in [0.05, 0.1) is 0 Å². The fourth-order valence-corrected chi connectivity index (χ4v) is 8.72. The third kappa shape index (κ3) is 64.3. The lowest BCUT2D eigenvalue weighted by Crippen LogP contribution is -2.30. The lowest BCUT2D eigenvalue weighted by atomic mass is 10.1. The Morgan fingerprint density at radius 2 is 0.494 bits per heavy atom. The van der Waals surface area contributed by atoms with Crippen LogP contribution in [0, 0.1) is 0 Å². The highest BCUT2D eigenvalue weighted by Crippen LogP contribution is 2.14. The van der Waals surface area contributed by atoms with Crippen LogP contribution in [-0.2, 0) is 28.6 Å². The smallest absolute Gasteiger partial charge is 0.306 e. The molecular formula is C73H120O6. The van der Waals surface area contributed by atoms with Crippen molar-refractivity contribution in [3.63, 3.8) is 0 Å². The molecule has 448 valence electrons. The number of ether oxygens (including phenoxy) is 3. The van der Waals surface area contributed by atoms with Crippen molar-refractivity contribution < 1.29 is 28.6 Å². The molecule has 0 aromatic rings. The Morgan fingerprint density at radius 3 is 0.797 bits per heavy atom. The normalized spacial score (nSPS) is 13.0. The van der Waals surface area contributed by atoms with Crippen LogP contribution >= 0.6 is 0 Å². The summed E-state index contributed by atoms with van der Waals surface area (Å²) in [6, 6.07) is 0. The molecule has 0 fully saturated rings. The van der Waals surface area contributed by atoms with Crippen molar-refractivity contribution in [1.29, 1.82) is 0 Å². The molecule has 0 aromatic heterocycles. The van der Waals surface area contributed by atoms with Gasteiger partial charge in [-0.05, 0) is 141 Å². The molecule has 0 heterocycles. The van der Waals surface area contributed by atoms with Crippen LogP contribution in [0.5, 0.6) is 0 Å². The molecule has 0 saturated carbocycles. The summed E-state index contributed by atoms with van der Waals surface area (Å²) in [7, 11) is 0. The molecule has 6 heteroatoms. The molecule has 0 saturated heterocycles. The summed E-state index contributed by atoms with van der Waals surface area (Å²) in [5, 5.41) is 0. The van der Waals surface area contributed by atoms with Crippen LogP contribution in [0.4, 0.5) is 0 Å². The summed E-state index contributed by atoms with van der Waals surface area (Å²) >= 11 is 0. The Labute approximate surface area is 487 Å². The van der Waals surface area contributed by atoms with Gasteiger partial charge in [-0.15, -0.1) is 0 Å². The van der Waals surface area contributed by atoms with Crippen molar-refractivity contribution in [3.05, 3.63) is 134 Å². The topological polar surface area (TPSA) is 78.9 Å². The van der Waals surface area contributed by atoms with Crippen LogP contribution in [0.15, 0.2) is 134 Å². The number of hydrogen-bond donors (Lipinski definition) is 0. The first-order chi connectivity index (χ1) is 39.0. The standard InChI is InChI=1S/C73H120O6/c1-4-7-10-13-16-19-22-25-28-30-31-32-33-34-35-36-37-38-39-40-41-42-43-44-46-48-51-54-57-60-63-66-72(75)78-69-70(68-77-71(74)65-62-59-56-53-50-47-27-24-21-18-15-12-9-6-3)79-73(76)67-64-61-58-55-52-49-45-29-26-23-20-17-14-11-8-5-2/h7,10,16,19-20,23-25,27-29,31-32,34-35,37-38,40-41,43-45,70H,4-6,8-9,11-15,17-18,21-22,26,30,33,36,39,42,46-69H2,1-3H3/b10-7-,19-16-,23-20-,27-24-,28-25-,32-31-,35-34-,38-37-,41-40-,44-43-,45-29-. The molecule has 0 aliphatic carbocycles. The largest absolute Gasteiger partial charge is 0.462 e. The van der Waals surface area contributed by atoms with Gasteiger partial charge in [-0.3, -0.25) is 14.4 Å². The van der Waals surface area contributed by atoms with Crippen LogP contribution in [0.2, 0.25) is 0 Å². The van der Waals surface area contributed by atoms with Gasteiger partial charge in [0.15, 0.2) is 6.10 Å². The highest BCUT2D eigenvalue weighted by atomic mass is 16.6. The average Bonchev–Trinajstić information content (AvgIpc) is 3.45. The van der Waals surface area contributed by atoms with E-state index < -0.39 is 6.10 Å². The molecule has 0 spiro atoms. The van der Waals surface area contributed by atoms with Crippen LogP contribution in [0.1, 0.15) is 290 Å². The number of esters is 3. The van der Waals surface area contributed by atoms with E-state index >= 15 is 0 Å². The van der Waals surface area contributed by atoms with Gasteiger partial charge in [0, 0.05) is 19.3 Å². The molecule has 0 aromatic carbocycles. The molecule has 0 aliphatic rings. The van der Waals surface area contributed by atoms with Gasteiger partial charge in [0.1, 0.15) is 13.2 Å². The maximum atomic E-state index is 12.9. The van der Waals surface area contributed by atoms with E-state index in [1.54, 1.807) is 0 Å². The predicted molar refractivity (Wildman–Crippen MR) is 343 cm³/mol. The van der Waals surface area contributed by atoms with Crippen molar-refractivity contribution in [2.75, 3.05) is 13.2 Å². The fraction of sp³-hybridized carbons (Fsp3) is 0.658. The molecule has 6 nitrogen and oxygen atoms in total. The monoisotopic (exact) mass is 1090 g/mol. The van der Waals surface area contributed by atoms with Crippen molar-refractivity contribution in [2.24, 2.45) is 0 Å². The van der Waals surface area contributed by atoms with Gasteiger partial charge in [-0.1, -0.05) is 264 Å². The van der Waals surface area contributed by atoms with Gasteiger partial charge in [0.25, 0.3) is 0 Å². The van der Waals surface area contributed by atoms with Crippen molar-refractivity contribution in [2.45, 2.75) is 297 Å².